The van der Waals surface area contributed by atoms with Crippen molar-refractivity contribution in [1.82, 2.24) is 4.90 Å². The summed E-state index contributed by atoms with van der Waals surface area (Å²) in [6, 6.07) is 4.91. The minimum absolute atomic E-state index is 0.261. The van der Waals surface area contributed by atoms with E-state index in [1.54, 1.807) is 19.1 Å². The van der Waals surface area contributed by atoms with E-state index in [0.717, 1.165) is 19.6 Å². The maximum atomic E-state index is 14.3. The highest BCUT2D eigenvalue weighted by atomic mass is 19.1. The largest absolute Gasteiger partial charge is 0.389 e. The molecule has 0 saturated heterocycles. The van der Waals surface area contributed by atoms with Gasteiger partial charge < -0.3 is 14.9 Å². The fourth-order valence-corrected chi connectivity index (χ4v) is 2.26. The normalized spacial score (nSPS) is 13.1. The van der Waals surface area contributed by atoms with Crippen molar-refractivity contribution in [2.75, 3.05) is 38.6 Å². The Morgan fingerprint density at radius 1 is 1.15 bits per heavy atom. The highest BCUT2D eigenvalue weighted by Gasteiger charge is 2.19. The second kappa shape index (κ2) is 7.60. The van der Waals surface area contributed by atoms with E-state index in [2.05, 4.69) is 18.7 Å². The second-order valence-electron chi connectivity index (χ2n) is 6.00. The van der Waals surface area contributed by atoms with Gasteiger partial charge >= 0.3 is 0 Å². The van der Waals surface area contributed by atoms with Crippen LogP contribution in [0.25, 0.3) is 0 Å². The maximum Gasteiger partial charge on any atom is 0.146 e. The summed E-state index contributed by atoms with van der Waals surface area (Å²) in [5.74, 6) is 0.168. The molecule has 0 aliphatic carbocycles. The summed E-state index contributed by atoms with van der Waals surface area (Å²) in [5, 5.41) is 9.89. The molecule has 0 amide bonds. The van der Waals surface area contributed by atoms with E-state index in [-0.39, 0.29) is 5.82 Å². The molecule has 1 rings (SSSR count). The van der Waals surface area contributed by atoms with Crippen molar-refractivity contribution in [1.29, 1.82) is 0 Å². The molecule has 0 saturated carbocycles. The molecule has 1 N–H and O–H groups in total. The monoisotopic (exact) mass is 282 g/mol. The predicted octanol–water partition coefficient (Wildman–Crippen LogP) is 2.90. The first kappa shape index (κ1) is 16.9. The van der Waals surface area contributed by atoms with Crippen LogP contribution in [0.1, 0.15) is 32.4 Å². The summed E-state index contributed by atoms with van der Waals surface area (Å²) < 4.78 is 14.3. The number of hydrogen-bond donors (Lipinski definition) is 1. The van der Waals surface area contributed by atoms with Crippen molar-refractivity contribution in [2.45, 2.75) is 26.9 Å². The van der Waals surface area contributed by atoms with Gasteiger partial charge in [0, 0.05) is 25.2 Å². The predicted molar refractivity (Wildman–Crippen MR) is 82.6 cm³/mol. The number of aliphatic hydroxyl groups is 1. The number of anilines is 1. The SMILES string of the molecule is CC(C)CN(CCN(C)C)c1c(F)cccc1[C@@H](C)O. The highest BCUT2D eigenvalue weighted by molar-refractivity contribution is 5.56. The molecule has 1 aromatic carbocycles. The van der Waals surface area contributed by atoms with Gasteiger partial charge in [0.2, 0.25) is 0 Å². The Morgan fingerprint density at radius 3 is 2.30 bits per heavy atom. The Hall–Kier alpha value is -1.13. The number of halogens is 1. The first-order valence-corrected chi connectivity index (χ1v) is 7.19. The quantitative estimate of drug-likeness (QED) is 0.833. The first-order valence-electron chi connectivity index (χ1n) is 7.19. The third kappa shape index (κ3) is 4.76. The number of nitrogens with zero attached hydrogens (tertiary/aromatic N) is 2. The zero-order valence-corrected chi connectivity index (χ0v) is 13.2. The van der Waals surface area contributed by atoms with Crippen LogP contribution in [-0.4, -0.2) is 43.7 Å². The van der Waals surface area contributed by atoms with Crippen LogP contribution in [0.5, 0.6) is 0 Å². The lowest BCUT2D eigenvalue weighted by Crippen LogP contribution is -2.35. The molecule has 1 atom stereocenters. The van der Waals surface area contributed by atoms with Crippen LogP contribution in [0.3, 0.4) is 0 Å². The van der Waals surface area contributed by atoms with E-state index >= 15 is 0 Å². The van der Waals surface area contributed by atoms with E-state index in [1.165, 1.54) is 6.07 Å². The number of para-hydroxylation sites is 1. The van der Waals surface area contributed by atoms with E-state index < -0.39 is 6.10 Å². The van der Waals surface area contributed by atoms with Gasteiger partial charge in [-0.25, -0.2) is 4.39 Å². The Morgan fingerprint density at radius 2 is 1.80 bits per heavy atom. The topological polar surface area (TPSA) is 26.7 Å². The lowest BCUT2D eigenvalue weighted by Gasteiger charge is -2.31. The van der Waals surface area contributed by atoms with Crippen molar-refractivity contribution in [3.63, 3.8) is 0 Å². The molecule has 1 aromatic rings. The van der Waals surface area contributed by atoms with E-state index in [0.29, 0.717) is 17.2 Å². The van der Waals surface area contributed by atoms with Gasteiger partial charge in [-0.3, -0.25) is 0 Å². The van der Waals surface area contributed by atoms with E-state index in [4.69, 9.17) is 0 Å². The zero-order chi connectivity index (χ0) is 15.3. The van der Waals surface area contributed by atoms with Crippen LogP contribution in [0, 0.1) is 11.7 Å². The van der Waals surface area contributed by atoms with Gasteiger partial charge in [0.25, 0.3) is 0 Å². The third-order valence-electron chi connectivity index (χ3n) is 3.19. The molecule has 3 nitrogen and oxygen atoms in total. The van der Waals surface area contributed by atoms with Crippen molar-refractivity contribution in [2.24, 2.45) is 5.92 Å². The lowest BCUT2D eigenvalue weighted by atomic mass is 10.1. The van der Waals surface area contributed by atoms with Gasteiger partial charge in [0.15, 0.2) is 0 Å². The standard InChI is InChI=1S/C16H27FN2O/c1-12(2)11-19(10-9-18(4)5)16-14(13(3)20)7-6-8-15(16)17/h6-8,12-13,20H,9-11H2,1-5H3/t13-/m1/s1. The van der Waals surface area contributed by atoms with Gasteiger partial charge in [0.1, 0.15) is 5.82 Å². The molecular weight excluding hydrogens is 255 g/mol. The van der Waals surface area contributed by atoms with Crippen LogP contribution >= 0.6 is 0 Å². The summed E-state index contributed by atoms with van der Waals surface area (Å²) in [4.78, 5) is 4.12. The number of rotatable bonds is 7. The second-order valence-corrected chi connectivity index (χ2v) is 6.00. The molecule has 0 unspecified atom stereocenters. The average molecular weight is 282 g/mol. The van der Waals surface area contributed by atoms with Crippen LogP contribution in [0.2, 0.25) is 0 Å². The maximum absolute atomic E-state index is 14.3. The van der Waals surface area contributed by atoms with Crippen LogP contribution < -0.4 is 4.90 Å². The molecule has 0 aliphatic heterocycles. The summed E-state index contributed by atoms with van der Waals surface area (Å²) >= 11 is 0. The van der Waals surface area contributed by atoms with Crippen molar-refractivity contribution in [3.8, 4) is 0 Å². The summed E-state index contributed by atoms with van der Waals surface area (Å²) in [5.41, 5.74) is 1.20. The van der Waals surface area contributed by atoms with Crippen LogP contribution in [0.15, 0.2) is 18.2 Å². The molecule has 0 fully saturated rings. The molecular formula is C16H27FN2O. The van der Waals surface area contributed by atoms with Gasteiger partial charge in [-0.2, -0.15) is 0 Å². The Kier molecular flexibility index (Phi) is 6.43. The number of aliphatic hydroxyl groups excluding tert-OH is 1. The van der Waals surface area contributed by atoms with Gasteiger partial charge in [-0.1, -0.05) is 26.0 Å². The Labute approximate surface area is 122 Å². The molecule has 20 heavy (non-hydrogen) atoms. The minimum Gasteiger partial charge on any atom is -0.389 e. The lowest BCUT2D eigenvalue weighted by molar-refractivity contribution is 0.199. The number of likely N-dealkylation sites (N-methyl/N-ethyl adjacent to an activating group) is 1. The van der Waals surface area contributed by atoms with Crippen LogP contribution in [0.4, 0.5) is 10.1 Å². The van der Waals surface area contributed by atoms with E-state index in [9.17, 15) is 9.50 Å². The van der Waals surface area contributed by atoms with Crippen LogP contribution in [-0.2, 0) is 0 Å². The molecule has 0 aliphatic rings. The van der Waals surface area contributed by atoms with E-state index in [1.807, 2.05) is 19.0 Å². The summed E-state index contributed by atoms with van der Waals surface area (Å²) in [6.45, 7) is 8.27. The van der Waals surface area contributed by atoms with Crippen molar-refractivity contribution in [3.05, 3.63) is 29.6 Å². The molecule has 0 radical (unpaired) electrons. The minimum atomic E-state index is -0.672. The number of benzene rings is 1. The smallest absolute Gasteiger partial charge is 0.146 e. The Balaban J connectivity index is 3.11. The molecule has 114 valence electrons. The summed E-state index contributed by atoms with van der Waals surface area (Å²) in [7, 11) is 4.01. The molecule has 0 aromatic heterocycles. The van der Waals surface area contributed by atoms with Gasteiger partial charge in [-0.05, 0) is 33.0 Å². The molecule has 0 bridgehead atoms. The fourth-order valence-electron chi connectivity index (χ4n) is 2.26. The summed E-state index contributed by atoms with van der Waals surface area (Å²) in [6.07, 6.45) is -0.672. The first-order chi connectivity index (χ1) is 9.32. The molecule has 0 spiro atoms. The molecule has 0 heterocycles. The van der Waals surface area contributed by atoms with Gasteiger partial charge in [-0.15, -0.1) is 0 Å². The Bertz CT molecular complexity index is 419. The van der Waals surface area contributed by atoms with Crippen molar-refractivity contribution >= 4 is 5.69 Å². The van der Waals surface area contributed by atoms with Crippen molar-refractivity contribution < 1.29 is 9.50 Å². The zero-order valence-electron chi connectivity index (χ0n) is 13.2. The average Bonchev–Trinajstić information content (AvgIpc) is 2.33. The highest BCUT2D eigenvalue weighted by Crippen LogP contribution is 2.29. The third-order valence-corrected chi connectivity index (χ3v) is 3.19. The fraction of sp³-hybridized carbons (Fsp3) is 0.625. The molecule has 4 heteroatoms. The van der Waals surface area contributed by atoms with Gasteiger partial charge in [0.05, 0.1) is 11.8 Å². The number of hydrogen-bond acceptors (Lipinski definition) is 3.